The topological polar surface area (TPSA) is 0 Å². The molecule has 0 aromatic heterocycles. The quantitative estimate of drug-likeness (QED) is 0.584. The Morgan fingerprint density at radius 2 is 1.50 bits per heavy atom. The Bertz CT molecular complexity index is 750. The Kier molecular flexibility index (Phi) is 3.51. The van der Waals surface area contributed by atoms with Gasteiger partial charge in [-0.25, -0.2) is 0 Å². The van der Waals surface area contributed by atoms with Crippen LogP contribution in [-0.4, -0.2) is 0 Å². The van der Waals surface area contributed by atoms with Crippen LogP contribution in [0.15, 0.2) is 35.9 Å². The van der Waals surface area contributed by atoms with Crippen molar-refractivity contribution in [1.82, 2.24) is 0 Å². The molecule has 0 atom stereocenters. The Morgan fingerprint density at radius 1 is 0.864 bits per heavy atom. The molecule has 0 nitrogen and oxygen atoms in total. The molecule has 0 saturated carbocycles. The van der Waals surface area contributed by atoms with Crippen molar-refractivity contribution in [3.05, 3.63) is 63.7 Å². The molecule has 0 N–H and O–H groups in total. The van der Waals surface area contributed by atoms with Crippen molar-refractivity contribution in [2.75, 3.05) is 0 Å². The fourth-order valence-corrected chi connectivity index (χ4v) is 3.55. The first-order valence-corrected chi connectivity index (χ1v) is 8.18. The molecule has 1 aliphatic rings. The Labute approximate surface area is 134 Å². The number of rotatable bonds is 1. The van der Waals surface area contributed by atoms with Crippen LogP contribution < -0.4 is 0 Å². The Morgan fingerprint density at radius 3 is 2.09 bits per heavy atom. The van der Waals surface area contributed by atoms with Crippen molar-refractivity contribution in [2.45, 2.75) is 53.4 Å². The van der Waals surface area contributed by atoms with Gasteiger partial charge in [-0.2, -0.15) is 0 Å². The van der Waals surface area contributed by atoms with Crippen LogP contribution in [0.2, 0.25) is 0 Å². The van der Waals surface area contributed by atoms with Gasteiger partial charge in [-0.15, -0.1) is 0 Å². The molecule has 2 aromatic rings. The van der Waals surface area contributed by atoms with Crippen LogP contribution in [0.1, 0.15) is 55.5 Å². The third kappa shape index (κ3) is 2.52. The molecule has 0 fully saturated rings. The van der Waals surface area contributed by atoms with Crippen molar-refractivity contribution >= 4 is 6.08 Å². The van der Waals surface area contributed by atoms with Crippen molar-refractivity contribution in [1.29, 1.82) is 0 Å². The smallest absolute Gasteiger partial charge is 0.00577 e. The number of hydrogen-bond acceptors (Lipinski definition) is 0. The molecule has 0 unspecified atom stereocenters. The molecule has 0 aliphatic heterocycles. The van der Waals surface area contributed by atoms with Crippen LogP contribution in [0, 0.1) is 13.8 Å². The van der Waals surface area contributed by atoms with Crippen LogP contribution in [0.3, 0.4) is 0 Å². The van der Waals surface area contributed by atoms with Gasteiger partial charge in [-0.1, -0.05) is 62.8 Å². The zero-order chi connectivity index (χ0) is 16.1. The minimum atomic E-state index is 0.208. The molecule has 2 aromatic carbocycles. The van der Waals surface area contributed by atoms with Crippen LogP contribution in [0.5, 0.6) is 0 Å². The van der Waals surface area contributed by atoms with E-state index in [1.54, 1.807) is 0 Å². The highest BCUT2D eigenvalue weighted by Gasteiger charge is 2.20. The van der Waals surface area contributed by atoms with E-state index in [-0.39, 0.29) is 5.41 Å². The maximum absolute atomic E-state index is 2.38. The summed E-state index contributed by atoms with van der Waals surface area (Å²) in [5.41, 5.74) is 11.6. The van der Waals surface area contributed by atoms with Crippen LogP contribution in [0.4, 0.5) is 0 Å². The second kappa shape index (κ2) is 5.12. The van der Waals surface area contributed by atoms with Gasteiger partial charge in [0, 0.05) is 0 Å². The molecule has 0 heterocycles. The standard InChI is InChI=1S/C22H26/c1-14-11-19-15(2)13-16(3)21(20(19)12-14)17-7-9-18(10-8-17)22(4,5)6/h7-10,12-13H,11H2,1-6H3. The molecular formula is C22H26. The predicted octanol–water partition coefficient (Wildman–Crippen LogP) is 6.23. The molecule has 0 heteroatoms. The summed E-state index contributed by atoms with van der Waals surface area (Å²) in [5, 5.41) is 0. The summed E-state index contributed by atoms with van der Waals surface area (Å²) in [6.45, 7) is 13.5. The third-order valence-corrected chi connectivity index (χ3v) is 4.78. The summed E-state index contributed by atoms with van der Waals surface area (Å²) >= 11 is 0. The molecular weight excluding hydrogens is 264 g/mol. The summed E-state index contributed by atoms with van der Waals surface area (Å²) in [5.74, 6) is 0. The molecule has 0 spiro atoms. The third-order valence-electron chi connectivity index (χ3n) is 4.78. The van der Waals surface area contributed by atoms with Gasteiger partial charge in [0.2, 0.25) is 0 Å². The molecule has 0 bridgehead atoms. The average molecular weight is 290 g/mol. The van der Waals surface area contributed by atoms with Gasteiger partial charge >= 0.3 is 0 Å². The number of aryl methyl sites for hydroxylation is 2. The molecule has 0 radical (unpaired) electrons. The monoisotopic (exact) mass is 290 g/mol. The van der Waals surface area contributed by atoms with Gasteiger partial charge in [-0.05, 0) is 71.6 Å². The van der Waals surface area contributed by atoms with Gasteiger partial charge in [-0.3, -0.25) is 0 Å². The number of hydrogen-bond donors (Lipinski definition) is 0. The van der Waals surface area contributed by atoms with Gasteiger partial charge in [0.15, 0.2) is 0 Å². The zero-order valence-electron chi connectivity index (χ0n) is 14.7. The van der Waals surface area contributed by atoms with E-state index in [0.717, 1.165) is 6.42 Å². The summed E-state index contributed by atoms with van der Waals surface area (Å²) in [4.78, 5) is 0. The van der Waals surface area contributed by atoms with E-state index < -0.39 is 0 Å². The van der Waals surface area contributed by atoms with Gasteiger partial charge in [0.25, 0.3) is 0 Å². The SMILES string of the molecule is CC1=Cc2c(c(C)cc(C)c2-c2ccc(C(C)(C)C)cc2)C1. The minimum Gasteiger partial charge on any atom is -0.0683 e. The van der Waals surface area contributed by atoms with E-state index in [9.17, 15) is 0 Å². The van der Waals surface area contributed by atoms with Crippen molar-refractivity contribution < 1.29 is 0 Å². The van der Waals surface area contributed by atoms with Crippen LogP contribution in [-0.2, 0) is 11.8 Å². The molecule has 114 valence electrons. The molecule has 22 heavy (non-hydrogen) atoms. The lowest BCUT2D eigenvalue weighted by molar-refractivity contribution is 0.590. The summed E-state index contributed by atoms with van der Waals surface area (Å²) in [6.07, 6.45) is 3.48. The van der Waals surface area contributed by atoms with Gasteiger partial charge in [0.1, 0.15) is 0 Å². The van der Waals surface area contributed by atoms with E-state index in [1.165, 1.54) is 44.5 Å². The lowest BCUT2D eigenvalue weighted by atomic mass is 9.84. The maximum atomic E-state index is 2.38. The summed E-state index contributed by atoms with van der Waals surface area (Å²) in [7, 11) is 0. The van der Waals surface area contributed by atoms with Crippen molar-refractivity contribution in [2.24, 2.45) is 0 Å². The first-order chi connectivity index (χ1) is 10.3. The van der Waals surface area contributed by atoms with Crippen molar-refractivity contribution in [3.63, 3.8) is 0 Å². The second-order valence-electron chi connectivity index (χ2n) is 7.77. The van der Waals surface area contributed by atoms with E-state index in [1.807, 2.05) is 0 Å². The Balaban J connectivity index is 2.16. The fourth-order valence-electron chi connectivity index (χ4n) is 3.55. The predicted molar refractivity (Wildman–Crippen MR) is 97.4 cm³/mol. The highest BCUT2D eigenvalue weighted by molar-refractivity contribution is 5.83. The number of allylic oxidation sites excluding steroid dienone is 1. The molecule has 3 rings (SSSR count). The minimum absolute atomic E-state index is 0.208. The highest BCUT2D eigenvalue weighted by Crippen LogP contribution is 2.38. The average Bonchev–Trinajstić information content (AvgIpc) is 2.80. The number of fused-ring (bicyclic) bond motifs is 1. The summed E-state index contributed by atoms with van der Waals surface area (Å²) < 4.78 is 0. The Hall–Kier alpha value is -1.82. The van der Waals surface area contributed by atoms with Crippen molar-refractivity contribution in [3.8, 4) is 11.1 Å². The summed E-state index contributed by atoms with van der Waals surface area (Å²) in [6, 6.07) is 11.5. The van der Waals surface area contributed by atoms with Crippen LogP contribution in [0.25, 0.3) is 17.2 Å². The van der Waals surface area contributed by atoms with Gasteiger partial charge in [0.05, 0.1) is 0 Å². The van der Waals surface area contributed by atoms with E-state index in [0.29, 0.717) is 0 Å². The molecule has 0 saturated heterocycles. The lowest BCUT2D eigenvalue weighted by Gasteiger charge is -2.20. The largest absolute Gasteiger partial charge is 0.0683 e. The van der Waals surface area contributed by atoms with E-state index in [2.05, 4.69) is 78.0 Å². The molecule has 1 aliphatic carbocycles. The first kappa shape index (κ1) is 15.1. The number of benzene rings is 2. The lowest BCUT2D eigenvalue weighted by Crippen LogP contribution is -2.10. The second-order valence-corrected chi connectivity index (χ2v) is 7.77. The van der Waals surface area contributed by atoms with Gasteiger partial charge < -0.3 is 0 Å². The zero-order valence-corrected chi connectivity index (χ0v) is 14.7. The fraction of sp³-hybridized carbons (Fsp3) is 0.364. The van der Waals surface area contributed by atoms with E-state index >= 15 is 0 Å². The van der Waals surface area contributed by atoms with E-state index in [4.69, 9.17) is 0 Å². The maximum Gasteiger partial charge on any atom is -0.00577 e. The highest BCUT2D eigenvalue weighted by atomic mass is 14.2. The normalized spacial score (nSPS) is 14.0. The first-order valence-electron chi connectivity index (χ1n) is 8.18. The van der Waals surface area contributed by atoms with Crippen LogP contribution >= 0.6 is 0 Å². The molecule has 0 amide bonds.